The van der Waals surface area contributed by atoms with E-state index in [1.165, 1.54) is 13.3 Å². The first kappa shape index (κ1) is 24.5. The lowest BCUT2D eigenvalue weighted by molar-refractivity contribution is 0.0977. The normalized spacial score (nSPS) is 12.2. The minimum Gasteiger partial charge on any atom is -0.496 e. The van der Waals surface area contributed by atoms with Crippen molar-refractivity contribution in [2.24, 2.45) is 0 Å². The Hall–Kier alpha value is -3.17. The highest BCUT2D eigenvalue weighted by atomic mass is 35.5. The molecule has 1 amide bonds. The van der Waals surface area contributed by atoms with Gasteiger partial charge in [-0.25, -0.2) is 22.5 Å². The highest BCUT2D eigenvalue weighted by Gasteiger charge is 2.21. The van der Waals surface area contributed by atoms with Gasteiger partial charge in [0.1, 0.15) is 22.7 Å². The van der Waals surface area contributed by atoms with Crippen LogP contribution in [0.4, 0.5) is 4.39 Å². The maximum Gasteiger partial charge on any atom is 0.267 e. The SMILES string of the molecule is COc1cc(C(=O)NS(C)(=O)=O)c(F)cc1-c1cnc(O[C@@H](C)Cc2ccccc2)c(Cl)c1. The van der Waals surface area contributed by atoms with Gasteiger partial charge in [-0.1, -0.05) is 41.9 Å². The maximum absolute atomic E-state index is 14.6. The van der Waals surface area contributed by atoms with E-state index in [1.54, 1.807) is 10.8 Å². The number of nitrogens with one attached hydrogen (secondary N) is 1. The molecular weight excluding hydrogens is 471 g/mol. The number of benzene rings is 2. The van der Waals surface area contributed by atoms with Crippen LogP contribution in [-0.2, 0) is 16.4 Å². The van der Waals surface area contributed by atoms with Gasteiger partial charge in [0.25, 0.3) is 5.91 Å². The van der Waals surface area contributed by atoms with Crippen LogP contribution < -0.4 is 14.2 Å². The number of ether oxygens (including phenoxy) is 2. The number of nitrogens with zero attached hydrogens (tertiary/aromatic N) is 1. The van der Waals surface area contributed by atoms with E-state index in [1.807, 2.05) is 37.3 Å². The predicted molar refractivity (Wildman–Crippen MR) is 124 cm³/mol. The summed E-state index contributed by atoms with van der Waals surface area (Å²) in [7, 11) is -2.52. The van der Waals surface area contributed by atoms with Crippen molar-refractivity contribution in [1.29, 1.82) is 0 Å². The minimum absolute atomic E-state index is 0.138. The highest BCUT2D eigenvalue weighted by Crippen LogP contribution is 2.35. The molecule has 2 aromatic carbocycles. The third-order valence-electron chi connectivity index (χ3n) is 4.61. The number of pyridine rings is 1. The number of carbonyl (C=O) groups is 1. The topological polar surface area (TPSA) is 94.6 Å². The van der Waals surface area contributed by atoms with Crippen molar-refractivity contribution in [3.8, 4) is 22.8 Å². The largest absolute Gasteiger partial charge is 0.496 e. The standard InChI is InChI=1S/C23H22ClFN2O5S/c1-14(9-15-7-5-4-6-8-15)32-23-19(24)10-16(13-26-23)17-11-20(25)18(12-21(17)31-2)22(28)27-33(3,29)30/h4-8,10-14H,9H2,1-3H3,(H,27,28)/t14-/m0/s1. The fourth-order valence-corrected chi connectivity index (χ4v) is 3.84. The molecule has 1 atom stereocenters. The van der Waals surface area contributed by atoms with E-state index in [4.69, 9.17) is 21.1 Å². The van der Waals surface area contributed by atoms with Crippen molar-refractivity contribution >= 4 is 27.5 Å². The first-order chi connectivity index (χ1) is 15.6. The summed E-state index contributed by atoms with van der Waals surface area (Å²) in [6, 6.07) is 13.6. The van der Waals surface area contributed by atoms with Gasteiger partial charge in [0.15, 0.2) is 0 Å². The van der Waals surface area contributed by atoms with E-state index in [9.17, 15) is 17.6 Å². The molecule has 0 saturated heterocycles. The molecule has 0 aliphatic rings. The number of carbonyl (C=O) groups excluding carboxylic acids is 1. The molecule has 0 aliphatic carbocycles. The van der Waals surface area contributed by atoms with Crippen molar-refractivity contribution in [2.45, 2.75) is 19.4 Å². The van der Waals surface area contributed by atoms with Crippen molar-refractivity contribution < 1.29 is 27.1 Å². The van der Waals surface area contributed by atoms with Crippen LogP contribution in [0.25, 0.3) is 11.1 Å². The Labute approximate surface area is 196 Å². The quantitative estimate of drug-likeness (QED) is 0.505. The zero-order chi connectivity index (χ0) is 24.2. The molecule has 10 heteroatoms. The Kier molecular flexibility index (Phi) is 7.55. The van der Waals surface area contributed by atoms with E-state index < -0.39 is 27.3 Å². The van der Waals surface area contributed by atoms with E-state index in [0.29, 0.717) is 12.0 Å². The third-order valence-corrected chi connectivity index (χ3v) is 5.44. The smallest absolute Gasteiger partial charge is 0.267 e. The second-order valence-corrected chi connectivity index (χ2v) is 9.52. The third kappa shape index (κ3) is 6.43. The van der Waals surface area contributed by atoms with Gasteiger partial charge in [0.2, 0.25) is 15.9 Å². The number of hydrogen-bond acceptors (Lipinski definition) is 6. The Morgan fingerprint density at radius 2 is 1.91 bits per heavy atom. The first-order valence-electron chi connectivity index (χ1n) is 9.83. The summed E-state index contributed by atoms with van der Waals surface area (Å²) in [5.41, 5.74) is 1.34. The summed E-state index contributed by atoms with van der Waals surface area (Å²) >= 11 is 6.36. The lowest BCUT2D eigenvalue weighted by Crippen LogP contribution is -2.30. The molecule has 3 rings (SSSR count). The van der Waals surface area contributed by atoms with Gasteiger partial charge in [-0.15, -0.1) is 0 Å². The van der Waals surface area contributed by atoms with Crippen LogP contribution in [0.15, 0.2) is 54.7 Å². The molecule has 0 bridgehead atoms. The van der Waals surface area contributed by atoms with Crippen molar-refractivity contribution in [3.63, 3.8) is 0 Å². The van der Waals surface area contributed by atoms with Crippen LogP contribution in [0, 0.1) is 5.82 Å². The molecule has 0 fully saturated rings. The molecule has 1 heterocycles. The highest BCUT2D eigenvalue weighted by molar-refractivity contribution is 7.89. The Balaban J connectivity index is 1.85. The molecule has 7 nitrogen and oxygen atoms in total. The van der Waals surface area contributed by atoms with E-state index in [2.05, 4.69) is 4.98 Å². The summed E-state index contributed by atoms with van der Waals surface area (Å²) in [5.74, 6) is -1.67. The molecule has 0 spiro atoms. The van der Waals surface area contributed by atoms with Gasteiger partial charge in [-0.05, 0) is 30.7 Å². The maximum atomic E-state index is 14.6. The predicted octanol–water partition coefficient (Wildman–Crippen LogP) is 4.25. The lowest BCUT2D eigenvalue weighted by Gasteiger charge is -2.16. The Bertz CT molecular complexity index is 1270. The monoisotopic (exact) mass is 492 g/mol. The molecule has 0 aliphatic heterocycles. The van der Waals surface area contributed by atoms with Gasteiger partial charge in [0, 0.05) is 23.7 Å². The van der Waals surface area contributed by atoms with Crippen molar-refractivity contribution in [1.82, 2.24) is 9.71 Å². The van der Waals surface area contributed by atoms with Crippen LogP contribution in [0.5, 0.6) is 11.6 Å². The lowest BCUT2D eigenvalue weighted by atomic mass is 10.0. The molecule has 1 aromatic heterocycles. The summed E-state index contributed by atoms with van der Waals surface area (Å²) < 4.78 is 50.1. The van der Waals surface area contributed by atoms with E-state index >= 15 is 0 Å². The number of aromatic nitrogens is 1. The average molecular weight is 493 g/mol. The molecule has 1 N–H and O–H groups in total. The van der Waals surface area contributed by atoms with E-state index in [0.717, 1.165) is 24.0 Å². The number of methoxy groups -OCH3 is 1. The second-order valence-electron chi connectivity index (χ2n) is 7.36. The van der Waals surface area contributed by atoms with Crippen LogP contribution in [-0.4, -0.2) is 38.8 Å². The molecule has 0 saturated carbocycles. The average Bonchev–Trinajstić information content (AvgIpc) is 2.74. The van der Waals surface area contributed by atoms with Crippen molar-refractivity contribution in [3.05, 3.63) is 76.7 Å². The van der Waals surface area contributed by atoms with Gasteiger partial charge in [0.05, 0.1) is 18.9 Å². The molecule has 174 valence electrons. The minimum atomic E-state index is -3.86. The van der Waals surface area contributed by atoms with Gasteiger partial charge >= 0.3 is 0 Å². The number of sulfonamides is 1. The van der Waals surface area contributed by atoms with Crippen LogP contribution in [0.2, 0.25) is 5.02 Å². The molecule has 0 unspecified atom stereocenters. The molecule has 3 aromatic rings. The number of rotatable bonds is 8. The Morgan fingerprint density at radius 1 is 1.21 bits per heavy atom. The van der Waals surface area contributed by atoms with Crippen LogP contribution in [0.3, 0.4) is 0 Å². The first-order valence-corrected chi connectivity index (χ1v) is 12.1. The fourth-order valence-electron chi connectivity index (χ4n) is 3.18. The van der Waals surface area contributed by atoms with Gasteiger partial charge in [-0.2, -0.15) is 0 Å². The zero-order valence-electron chi connectivity index (χ0n) is 18.1. The number of amides is 1. The van der Waals surface area contributed by atoms with E-state index in [-0.39, 0.29) is 28.3 Å². The van der Waals surface area contributed by atoms with Gasteiger partial charge in [-0.3, -0.25) is 4.79 Å². The number of halogens is 2. The molecular formula is C23H22ClFN2O5S. The fraction of sp³-hybridized carbons (Fsp3) is 0.217. The summed E-state index contributed by atoms with van der Waals surface area (Å²) in [6.07, 6.45) is 2.72. The molecule has 0 radical (unpaired) electrons. The Morgan fingerprint density at radius 3 is 2.52 bits per heavy atom. The van der Waals surface area contributed by atoms with Crippen LogP contribution >= 0.6 is 11.6 Å². The van der Waals surface area contributed by atoms with Crippen molar-refractivity contribution in [2.75, 3.05) is 13.4 Å². The van der Waals surface area contributed by atoms with Crippen LogP contribution in [0.1, 0.15) is 22.8 Å². The summed E-state index contributed by atoms with van der Waals surface area (Å²) in [4.78, 5) is 16.4. The zero-order valence-corrected chi connectivity index (χ0v) is 19.7. The summed E-state index contributed by atoms with van der Waals surface area (Å²) in [5, 5.41) is 0.216. The molecule has 33 heavy (non-hydrogen) atoms. The second kappa shape index (κ2) is 10.2. The summed E-state index contributed by atoms with van der Waals surface area (Å²) in [6.45, 7) is 1.90. The van der Waals surface area contributed by atoms with Gasteiger partial charge < -0.3 is 9.47 Å². The number of hydrogen-bond donors (Lipinski definition) is 1.